The van der Waals surface area contributed by atoms with Crippen molar-refractivity contribution in [3.8, 4) is 11.5 Å². The van der Waals surface area contributed by atoms with E-state index >= 15 is 0 Å². The largest absolute Gasteiger partial charge is 0.495 e. The molecular weight excluding hydrogens is 416 g/mol. The number of ether oxygens (including phenoxy) is 2. The third-order valence-electron chi connectivity index (χ3n) is 4.23. The predicted octanol–water partition coefficient (Wildman–Crippen LogP) is 3.71. The smallest absolute Gasteiger partial charge is 0.262 e. The van der Waals surface area contributed by atoms with E-state index in [1.165, 1.54) is 29.6 Å². The molecule has 2 rings (SSSR count). The molecule has 158 valence electrons. The first kappa shape index (κ1) is 23.0. The van der Waals surface area contributed by atoms with Gasteiger partial charge in [-0.15, -0.1) is 0 Å². The van der Waals surface area contributed by atoms with Gasteiger partial charge in [-0.2, -0.15) is 4.31 Å². The maximum atomic E-state index is 12.7. The second kappa shape index (κ2) is 9.96. The van der Waals surface area contributed by atoms with Crippen LogP contribution in [0.1, 0.15) is 19.4 Å². The van der Waals surface area contributed by atoms with Gasteiger partial charge in [-0.05, 0) is 42.8 Å². The molecule has 7 nitrogen and oxygen atoms in total. The summed E-state index contributed by atoms with van der Waals surface area (Å²) in [6.45, 7) is 5.81. The van der Waals surface area contributed by atoms with E-state index in [2.05, 4.69) is 5.32 Å². The van der Waals surface area contributed by atoms with Gasteiger partial charge in [0, 0.05) is 13.1 Å². The van der Waals surface area contributed by atoms with Crippen LogP contribution in [0.3, 0.4) is 0 Å². The fraction of sp³-hybridized carbons (Fsp3) is 0.350. The minimum atomic E-state index is -3.67. The Labute approximate surface area is 176 Å². The zero-order chi connectivity index (χ0) is 21.6. The number of benzene rings is 2. The lowest BCUT2D eigenvalue weighted by molar-refractivity contribution is -0.118. The first-order valence-electron chi connectivity index (χ1n) is 9.09. The van der Waals surface area contributed by atoms with Crippen LogP contribution in [-0.2, 0) is 14.8 Å². The van der Waals surface area contributed by atoms with Gasteiger partial charge < -0.3 is 14.8 Å². The molecule has 1 amide bonds. The number of amides is 1. The highest BCUT2D eigenvalue weighted by Crippen LogP contribution is 2.29. The normalized spacial score (nSPS) is 11.4. The van der Waals surface area contributed by atoms with E-state index in [0.29, 0.717) is 29.6 Å². The predicted molar refractivity (Wildman–Crippen MR) is 113 cm³/mol. The Morgan fingerprint density at radius 1 is 1.10 bits per heavy atom. The topological polar surface area (TPSA) is 84.9 Å². The summed E-state index contributed by atoms with van der Waals surface area (Å²) in [5, 5.41) is 3.03. The molecule has 0 fully saturated rings. The van der Waals surface area contributed by atoms with Crippen LogP contribution in [0.25, 0.3) is 0 Å². The number of nitrogens with zero attached hydrogens (tertiary/aromatic N) is 1. The zero-order valence-electron chi connectivity index (χ0n) is 16.9. The molecule has 0 unspecified atom stereocenters. The lowest BCUT2D eigenvalue weighted by Crippen LogP contribution is -2.30. The van der Waals surface area contributed by atoms with Gasteiger partial charge in [-0.1, -0.05) is 31.5 Å². The number of sulfonamides is 1. The fourth-order valence-corrected chi connectivity index (χ4v) is 4.37. The summed E-state index contributed by atoms with van der Waals surface area (Å²) in [7, 11) is -2.24. The van der Waals surface area contributed by atoms with Crippen LogP contribution in [0.15, 0.2) is 41.3 Å². The van der Waals surface area contributed by atoms with E-state index in [9.17, 15) is 13.2 Å². The van der Waals surface area contributed by atoms with Crippen LogP contribution in [0.5, 0.6) is 11.5 Å². The fourth-order valence-electron chi connectivity index (χ4n) is 2.71. The molecule has 0 spiro atoms. The Hall–Kier alpha value is -2.29. The van der Waals surface area contributed by atoms with Crippen molar-refractivity contribution < 1.29 is 22.7 Å². The van der Waals surface area contributed by atoms with Gasteiger partial charge in [0.05, 0.1) is 22.7 Å². The van der Waals surface area contributed by atoms with Crippen LogP contribution in [-0.4, -0.2) is 45.4 Å². The van der Waals surface area contributed by atoms with Crippen molar-refractivity contribution in [2.45, 2.75) is 25.7 Å². The van der Waals surface area contributed by atoms with E-state index < -0.39 is 15.9 Å². The molecule has 9 heteroatoms. The number of nitrogens with one attached hydrogen (secondary N) is 1. The first-order chi connectivity index (χ1) is 13.7. The van der Waals surface area contributed by atoms with E-state index in [1.807, 2.05) is 13.0 Å². The quantitative estimate of drug-likeness (QED) is 0.642. The van der Waals surface area contributed by atoms with Gasteiger partial charge in [-0.25, -0.2) is 8.42 Å². The van der Waals surface area contributed by atoms with E-state index in [0.717, 1.165) is 5.56 Å². The summed E-state index contributed by atoms with van der Waals surface area (Å²) in [5.74, 6) is 0.260. The van der Waals surface area contributed by atoms with Gasteiger partial charge in [0.1, 0.15) is 11.5 Å². The molecule has 0 heterocycles. The molecule has 0 saturated carbocycles. The molecule has 2 aromatic rings. The van der Waals surface area contributed by atoms with Gasteiger partial charge in [0.15, 0.2) is 6.61 Å². The summed E-state index contributed by atoms with van der Waals surface area (Å²) in [5.41, 5.74) is 1.19. The zero-order valence-corrected chi connectivity index (χ0v) is 18.4. The molecule has 0 saturated heterocycles. The van der Waals surface area contributed by atoms with Crippen molar-refractivity contribution in [2.75, 3.05) is 32.1 Å². The van der Waals surface area contributed by atoms with Crippen molar-refractivity contribution >= 4 is 33.2 Å². The Bertz CT molecular complexity index is 975. The average molecular weight is 441 g/mol. The Morgan fingerprint density at radius 2 is 1.79 bits per heavy atom. The number of rotatable bonds is 9. The molecule has 29 heavy (non-hydrogen) atoms. The molecule has 0 aliphatic rings. The number of methoxy groups -OCH3 is 1. The number of carbonyl (C=O) groups is 1. The molecule has 2 aromatic carbocycles. The van der Waals surface area contributed by atoms with Crippen LogP contribution in [0.2, 0.25) is 5.02 Å². The first-order valence-corrected chi connectivity index (χ1v) is 10.9. The standard InChI is InChI=1S/C20H25ClN2O5S/c1-5-23(6-2)29(25,26)15-8-10-18(27-4)17(12-15)22-20(24)13-28-19-11-14(3)7-9-16(19)21/h7-12H,5-6,13H2,1-4H3,(H,22,24). The number of aryl methyl sites for hydroxylation is 1. The lowest BCUT2D eigenvalue weighted by atomic mass is 10.2. The number of carbonyl (C=O) groups excluding carboxylic acids is 1. The van der Waals surface area contributed by atoms with Gasteiger partial charge in [0.25, 0.3) is 5.91 Å². The van der Waals surface area contributed by atoms with Crippen LogP contribution in [0, 0.1) is 6.92 Å². The number of anilines is 1. The van der Waals surface area contributed by atoms with Gasteiger partial charge in [-0.3, -0.25) is 4.79 Å². The second-order valence-electron chi connectivity index (χ2n) is 6.22. The summed E-state index contributed by atoms with van der Waals surface area (Å²) in [6.07, 6.45) is 0. The van der Waals surface area contributed by atoms with Crippen molar-refractivity contribution in [3.05, 3.63) is 47.0 Å². The third-order valence-corrected chi connectivity index (χ3v) is 6.59. The van der Waals surface area contributed by atoms with Crippen molar-refractivity contribution in [1.82, 2.24) is 4.31 Å². The summed E-state index contributed by atoms with van der Waals surface area (Å²) in [6, 6.07) is 9.59. The highest BCUT2D eigenvalue weighted by atomic mass is 35.5. The van der Waals surface area contributed by atoms with E-state index in [4.69, 9.17) is 21.1 Å². The molecule has 0 atom stereocenters. The minimum Gasteiger partial charge on any atom is -0.495 e. The van der Waals surface area contributed by atoms with E-state index in [-0.39, 0.29) is 17.2 Å². The minimum absolute atomic E-state index is 0.0694. The number of hydrogen-bond donors (Lipinski definition) is 1. The van der Waals surface area contributed by atoms with Crippen LogP contribution >= 0.6 is 11.6 Å². The Kier molecular flexibility index (Phi) is 7.89. The molecule has 0 aliphatic heterocycles. The third kappa shape index (κ3) is 5.62. The van der Waals surface area contributed by atoms with Crippen LogP contribution in [0.4, 0.5) is 5.69 Å². The maximum Gasteiger partial charge on any atom is 0.262 e. The van der Waals surface area contributed by atoms with Gasteiger partial charge >= 0.3 is 0 Å². The average Bonchev–Trinajstić information content (AvgIpc) is 2.69. The van der Waals surface area contributed by atoms with Crippen molar-refractivity contribution in [1.29, 1.82) is 0 Å². The number of hydrogen-bond acceptors (Lipinski definition) is 5. The number of halogens is 1. The molecule has 0 aromatic heterocycles. The second-order valence-corrected chi connectivity index (χ2v) is 8.57. The van der Waals surface area contributed by atoms with Crippen molar-refractivity contribution in [3.63, 3.8) is 0 Å². The lowest BCUT2D eigenvalue weighted by Gasteiger charge is -2.19. The highest BCUT2D eigenvalue weighted by molar-refractivity contribution is 7.89. The van der Waals surface area contributed by atoms with Gasteiger partial charge in [0.2, 0.25) is 10.0 Å². The summed E-state index contributed by atoms with van der Waals surface area (Å²) >= 11 is 6.07. The van der Waals surface area contributed by atoms with Crippen molar-refractivity contribution in [2.24, 2.45) is 0 Å². The molecule has 0 bridgehead atoms. The maximum absolute atomic E-state index is 12.7. The summed E-state index contributed by atoms with van der Waals surface area (Å²) in [4.78, 5) is 12.4. The molecule has 0 radical (unpaired) electrons. The van der Waals surface area contributed by atoms with Crippen LogP contribution < -0.4 is 14.8 Å². The summed E-state index contributed by atoms with van der Waals surface area (Å²) < 4.78 is 37.6. The Balaban J connectivity index is 2.20. The molecule has 1 N–H and O–H groups in total. The Morgan fingerprint density at radius 3 is 2.41 bits per heavy atom. The molecule has 0 aliphatic carbocycles. The SMILES string of the molecule is CCN(CC)S(=O)(=O)c1ccc(OC)c(NC(=O)COc2cc(C)ccc2Cl)c1. The molecular formula is C20H25ClN2O5S. The monoisotopic (exact) mass is 440 g/mol. The van der Waals surface area contributed by atoms with E-state index in [1.54, 1.807) is 26.0 Å². The highest BCUT2D eigenvalue weighted by Gasteiger charge is 2.23.